The van der Waals surface area contributed by atoms with Crippen molar-refractivity contribution in [3.63, 3.8) is 0 Å². The van der Waals surface area contributed by atoms with Gasteiger partial charge in [-0.05, 0) is 75.7 Å². The van der Waals surface area contributed by atoms with E-state index in [-0.39, 0.29) is 56.0 Å². The van der Waals surface area contributed by atoms with Gasteiger partial charge in [-0.2, -0.15) is 0 Å². The average Bonchev–Trinajstić information content (AvgIpc) is 3.84. The molecule has 8 amide bonds. The zero-order chi connectivity index (χ0) is 50.8. The van der Waals surface area contributed by atoms with E-state index in [1.165, 1.54) is 11.9 Å². The first-order valence-corrected chi connectivity index (χ1v) is 24.6. The Hall–Kier alpha value is -4.93. The highest BCUT2D eigenvalue weighted by atomic mass is 16.4. The molecule has 3 fully saturated rings. The topological polar surface area (TPSA) is 337 Å². The minimum Gasteiger partial charge on any atom is -0.480 e. The van der Waals surface area contributed by atoms with E-state index in [2.05, 4.69) is 37.2 Å². The number of aliphatic hydroxyl groups is 1. The lowest BCUT2D eigenvalue weighted by molar-refractivity contribution is -0.146. The Morgan fingerprint density at radius 2 is 1.29 bits per heavy atom. The van der Waals surface area contributed by atoms with Crippen LogP contribution in [0.5, 0.6) is 0 Å². The molecular formula is C46H81N11O11. The number of nitrogens with zero attached hydrogens (tertiary/aromatic N) is 2. The zero-order valence-electron chi connectivity index (χ0n) is 41.1. The minimum atomic E-state index is -1.54. The second-order valence-electron chi connectivity index (χ2n) is 19.7. The summed E-state index contributed by atoms with van der Waals surface area (Å²) in [4.78, 5) is 120. The summed E-state index contributed by atoms with van der Waals surface area (Å²) in [6.45, 7) is 12.3. The maximum atomic E-state index is 13.7. The number of carboxylic acid groups (broad SMARTS) is 1. The molecule has 0 aromatic carbocycles. The summed E-state index contributed by atoms with van der Waals surface area (Å²) in [6.07, 6.45) is 7.79. The number of carboxylic acids is 1. The number of aliphatic hydroxyl groups excluding tert-OH is 1. The average molecular weight is 964 g/mol. The van der Waals surface area contributed by atoms with Crippen molar-refractivity contribution in [3.8, 4) is 0 Å². The number of rotatable bonds is 28. The van der Waals surface area contributed by atoms with E-state index in [4.69, 9.17) is 11.5 Å². The molecule has 2 heterocycles. The van der Waals surface area contributed by atoms with Gasteiger partial charge in [0.25, 0.3) is 5.91 Å². The van der Waals surface area contributed by atoms with Gasteiger partial charge in [0.1, 0.15) is 48.3 Å². The van der Waals surface area contributed by atoms with Crippen LogP contribution in [0.4, 0.5) is 0 Å². The van der Waals surface area contributed by atoms with E-state index in [0.29, 0.717) is 38.6 Å². The van der Waals surface area contributed by atoms with E-state index < -0.39 is 114 Å². The first-order chi connectivity index (χ1) is 32.1. The largest absolute Gasteiger partial charge is 0.480 e. The van der Waals surface area contributed by atoms with Crippen molar-refractivity contribution in [1.29, 1.82) is 0 Å². The molecule has 0 bridgehead atoms. The van der Waals surface area contributed by atoms with E-state index >= 15 is 0 Å². The first kappa shape index (κ1) is 57.4. The number of aliphatic carboxylic acids is 1. The molecule has 386 valence electrons. The number of nitrogens with two attached hydrogens (primary N) is 2. The van der Waals surface area contributed by atoms with Crippen LogP contribution < -0.4 is 48.7 Å². The van der Waals surface area contributed by atoms with Gasteiger partial charge in [0.15, 0.2) is 0 Å². The molecule has 3 rings (SSSR count). The second kappa shape index (κ2) is 27.9. The molecule has 0 radical (unpaired) electrons. The number of nitrogens with one attached hydrogen (secondary N) is 7. The lowest BCUT2D eigenvalue weighted by Crippen LogP contribution is -2.60. The third kappa shape index (κ3) is 17.2. The monoisotopic (exact) mass is 964 g/mol. The smallest absolute Gasteiger partial charge is 0.326 e. The van der Waals surface area contributed by atoms with Crippen molar-refractivity contribution >= 4 is 53.2 Å². The fourth-order valence-electron chi connectivity index (χ4n) is 8.90. The summed E-state index contributed by atoms with van der Waals surface area (Å²) in [5.74, 6) is -6.89. The normalized spacial score (nSPS) is 21.1. The van der Waals surface area contributed by atoms with Crippen LogP contribution >= 0.6 is 0 Å². The fraction of sp³-hybridized carbons (Fsp3) is 0.804. The Kier molecular flexibility index (Phi) is 23.6. The van der Waals surface area contributed by atoms with Crippen LogP contribution in [0.2, 0.25) is 0 Å². The fourth-order valence-corrected chi connectivity index (χ4v) is 8.90. The number of unbranched alkanes of at least 4 members (excludes halogenated alkanes) is 1. The number of carbonyl (C=O) groups excluding carboxylic acids is 8. The van der Waals surface area contributed by atoms with Crippen LogP contribution in [0, 0.1) is 23.7 Å². The summed E-state index contributed by atoms with van der Waals surface area (Å²) in [7, 11) is 0. The third-order valence-corrected chi connectivity index (χ3v) is 13.1. The van der Waals surface area contributed by atoms with E-state index in [0.717, 1.165) is 32.1 Å². The van der Waals surface area contributed by atoms with Gasteiger partial charge in [0.05, 0.1) is 12.6 Å². The van der Waals surface area contributed by atoms with Crippen molar-refractivity contribution in [3.05, 3.63) is 0 Å². The predicted octanol–water partition coefficient (Wildman–Crippen LogP) is -1.13. The maximum Gasteiger partial charge on any atom is 0.326 e. The summed E-state index contributed by atoms with van der Waals surface area (Å²) < 4.78 is 0. The Balaban J connectivity index is 1.65. The Bertz CT molecular complexity index is 1750. The van der Waals surface area contributed by atoms with Crippen molar-refractivity contribution in [2.45, 2.75) is 186 Å². The molecule has 0 aromatic rings. The van der Waals surface area contributed by atoms with Gasteiger partial charge in [-0.3, -0.25) is 43.4 Å². The van der Waals surface area contributed by atoms with Gasteiger partial charge in [-0.15, -0.1) is 0 Å². The molecule has 0 aromatic heterocycles. The predicted molar refractivity (Wildman–Crippen MR) is 251 cm³/mol. The van der Waals surface area contributed by atoms with Crippen LogP contribution in [0.1, 0.15) is 132 Å². The van der Waals surface area contributed by atoms with Gasteiger partial charge in [0, 0.05) is 13.1 Å². The number of amides is 8. The minimum absolute atomic E-state index is 0.0222. The number of fused-ring (bicyclic) bond motifs is 1. The van der Waals surface area contributed by atoms with Crippen LogP contribution in [-0.2, 0) is 43.2 Å². The van der Waals surface area contributed by atoms with Gasteiger partial charge in [0.2, 0.25) is 41.4 Å². The van der Waals surface area contributed by atoms with Crippen molar-refractivity contribution in [2.75, 3.05) is 26.2 Å². The van der Waals surface area contributed by atoms with E-state index in [9.17, 15) is 53.4 Å². The van der Waals surface area contributed by atoms with Gasteiger partial charge < -0.3 is 58.9 Å². The standard InChI is InChI=1S/C46H81N11O11/c1-8-27(6)37(55-39(60)30(48)16-12-13-18-47)44(65)53-34-23-56-19-17-36(57(56)45(34)66)43(64)54-35(24-58)42(63)51-31(20-25(2)3)40(61)49-28(7)38(59)50-32(22-29-14-10-9-11-15-29)41(62)52-33(46(67)68)21-26(4)5/h25-37,58H,8-24,47-48H2,1-7H3,(H,49,61)(H,50,59)(H,51,63)(H,52,62)(H,53,65)(H,54,64)(H,55,60)(H,67,68)/t27?,28?,30?,31?,32-,33?,34?,35?,36?,37-/m0/s1. The third-order valence-electron chi connectivity index (χ3n) is 13.1. The van der Waals surface area contributed by atoms with Gasteiger partial charge in [-0.25, -0.2) is 9.80 Å². The summed E-state index contributed by atoms with van der Waals surface area (Å²) >= 11 is 0. The molecule has 2 aliphatic heterocycles. The number of hydrazine groups is 1. The summed E-state index contributed by atoms with van der Waals surface area (Å²) in [6, 6.07) is -10.1. The SMILES string of the molecule is CCC(C)[C@H](NC(=O)C(N)CCCCN)C(=O)NC1CN2CCC(C(=O)NC(CO)C(=O)NC(CC(C)C)C(=O)NC(C)C(=O)N[C@@H](CC3CCCCC3)C(=O)NC(CC(C)C)C(=O)O)N2C1=O. The van der Waals surface area contributed by atoms with Crippen molar-refractivity contribution < 1.29 is 53.4 Å². The van der Waals surface area contributed by atoms with Crippen LogP contribution in [0.15, 0.2) is 0 Å². The molecule has 1 saturated carbocycles. The number of carbonyl (C=O) groups is 9. The number of hydrogen-bond donors (Lipinski definition) is 11. The highest BCUT2D eigenvalue weighted by Crippen LogP contribution is 2.28. The first-order valence-electron chi connectivity index (χ1n) is 24.6. The van der Waals surface area contributed by atoms with Crippen LogP contribution in [0.25, 0.3) is 0 Å². The lowest BCUT2D eigenvalue weighted by Gasteiger charge is -2.29. The summed E-state index contributed by atoms with van der Waals surface area (Å²) in [5.41, 5.74) is 11.6. The molecule has 1 aliphatic carbocycles. The number of hydrogen-bond acceptors (Lipinski definition) is 13. The lowest BCUT2D eigenvalue weighted by atomic mass is 9.84. The highest BCUT2D eigenvalue weighted by Gasteiger charge is 2.50. The van der Waals surface area contributed by atoms with Crippen molar-refractivity contribution in [2.24, 2.45) is 35.1 Å². The van der Waals surface area contributed by atoms with Gasteiger partial charge >= 0.3 is 5.97 Å². The Morgan fingerprint density at radius 3 is 1.88 bits per heavy atom. The molecule has 22 heteroatoms. The maximum absolute atomic E-state index is 13.7. The molecule has 8 unspecified atom stereocenters. The Labute approximate surface area is 400 Å². The van der Waals surface area contributed by atoms with E-state index in [1.54, 1.807) is 11.9 Å². The molecule has 3 aliphatic rings. The Morgan fingerprint density at radius 1 is 0.706 bits per heavy atom. The molecule has 22 nitrogen and oxygen atoms in total. The van der Waals surface area contributed by atoms with Crippen molar-refractivity contribution in [1.82, 2.24) is 47.2 Å². The molecule has 0 spiro atoms. The second-order valence-corrected chi connectivity index (χ2v) is 19.7. The molecule has 13 N–H and O–H groups in total. The zero-order valence-corrected chi connectivity index (χ0v) is 41.1. The highest BCUT2D eigenvalue weighted by molar-refractivity contribution is 5.98. The summed E-state index contributed by atoms with van der Waals surface area (Å²) in [5, 5.41) is 41.3. The van der Waals surface area contributed by atoms with Crippen LogP contribution in [0.3, 0.4) is 0 Å². The molecular weight excluding hydrogens is 883 g/mol. The van der Waals surface area contributed by atoms with Gasteiger partial charge in [-0.1, -0.05) is 86.5 Å². The molecule has 2 saturated heterocycles. The molecule has 68 heavy (non-hydrogen) atoms. The molecule has 10 atom stereocenters. The quantitative estimate of drug-likeness (QED) is 0.0414. The van der Waals surface area contributed by atoms with Crippen LogP contribution in [-0.4, -0.2) is 154 Å². The van der Waals surface area contributed by atoms with E-state index in [1.807, 2.05) is 34.6 Å².